The lowest BCUT2D eigenvalue weighted by Crippen LogP contribution is -2.39. The number of rotatable bonds is 9. The molecule has 0 radical (unpaired) electrons. The number of nitrogens with one attached hydrogen (secondary N) is 1. The lowest BCUT2D eigenvalue weighted by atomic mass is 10.0. The SMILES string of the molecule is COc1ccc(NC(=O)C(=O)N(C)C(CCO)c2ccccc2)cc1OCC(N)=O. The maximum absolute atomic E-state index is 12.7. The van der Waals surface area contributed by atoms with Gasteiger partial charge < -0.3 is 30.5 Å². The molecule has 1 unspecified atom stereocenters. The highest BCUT2D eigenvalue weighted by atomic mass is 16.5. The summed E-state index contributed by atoms with van der Waals surface area (Å²) in [7, 11) is 2.93. The Balaban J connectivity index is 2.14. The number of hydrogen-bond acceptors (Lipinski definition) is 6. The van der Waals surface area contributed by atoms with E-state index in [0.717, 1.165) is 5.56 Å². The molecule has 2 rings (SSSR count). The summed E-state index contributed by atoms with van der Waals surface area (Å²) in [6.45, 7) is -0.507. The van der Waals surface area contributed by atoms with Crippen molar-refractivity contribution in [1.82, 2.24) is 4.90 Å². The van der Waals surface area contributed by atoms with Crippen LogP contribution in [0.25, 0.3) is 0 Å². The number of anilines is 1. The van der Waals surface area contributed by atoms with Gasteiger partial charge in [-0.3, -0.25) is 14.4 Å². The number of carbonyl (C=O) groups excluding carboxylic acids is 3. The highest BCUT2D eigenvalue weighted by Gasteiger charge is 2.26. The molecule has 0 saturated heterocycles. The van der Waals surface area contributed by atoms with E-state index in [1.54, 1.807) is 0 Å². The molecule has 4 N–H and O–H groups in total. The molecule has 2 aromatic rings. The van der Waals surface area contributed by atoms with Gasteiger partial charge >= 0.3 is 11.8 Å². The molecule has 9 heteroatoms. The molecule has 9 nitrogen and oxygen atoms in total. The Hall–Kier alpha value is -3.59. The van der Waals surface area contributed by atoms with Gasteiger partial charge in [0.15, 0.2) is 18.1 Å². The number of nitrogens with two attached hydrogens (primary N) is 1. The van der Waals surface area contributed by atoms with Gasteiger partial charge in [-0.05, 0) is 24.1 Å². The Bertz CT molecular complexity index is 888. The summed E-state index contributed by atoms with van der Waals surface area (Å²) < 4.78 is 10.4. The maximum atomic E-state index is 12.7. The van der Waals surface area contributed by atoms with E-state index in [4.69, 9.17) is 15.2 Å². The summed E-state index contributed by atoms with van der Waals surface area (Å²) in [6, 6.07) is 13.2. The Kier molecular flexibility index (Phi) is 8.18. The standard InChI is InChI=1S/C21H25N3O6/c1-24(16(10-11-25)14-6-4-3-5-7-14)21(28)20(27)23-15-8-9-17(29-2)18(12-15)30-13-19(22)26/h3-9,12,16,25H,10-11,13H2,1-2H3,(H2,22,26)(H,23,27). The van der Waals surface area contributed by atoms with Crippen molar-refractivity contribution in [2.75, 3.05) is 32.7 Å². The van der Waals surface area contributed by atoms with Gasteiger partial charge in [0.1, 0.15) is 0 Å². The van der Waals surface area contributed by atoms with Crippen LogP contribution in [0.2, 0.25) is 0 Å². The minimum atomic E-state index is -0.859. The summed E-state index contributed by atoms with van der Waals surface area (Å²) in [5.41, 5.74) is 6.17. The van der Waals surface area contributed by atoms with Crippen molar-refractivity contribution in [3.05, 3.63) is 54.1 Å². The molecule has 160 valence electrons. The summed E-state index contributed by atoms with van der Waals surface area (Å²) >= 11 is 0. The number of likely N-dealkylation sites (N-methyl/N-ethyl adjacent to an activating group) is 1. The van der Waals surface area contributed by atoms with Crippen molar-refractivity contribution in [2.24, 2.45) is 5.73 Å². The van der Waals surface area contributed by atoms with E-state index in [2.05, 4.69) is 5.32 Å². The van der Waals surface area contributed by atoms with Crippen LogP contribution in [0.4, 0.5) is 5.69 Å². The number of benzene rings is 2. The summed E-state index contributed by atoms with van der Waals surface area (Å²) in [4.78, 5) is 37.4. The third-order valence-corrected chi connectivity index (χ3v) is 4.36. The first kappa shape index (κ1) is 22.7. The highest BCUT2D eigenvalue weighted by Crippen LogP contribution is 2.30. The number of carbonyl (C=O) groups is 3. The van der Waals surface area contributed by atoms with E-state index < -0.39 is 23.8 Å². The Morgan fingerprint density at radius 1 is 1.13 bits per heavy atom. The van der Waals surface area contributed by atoms with Gasteiger partial charge in [0.2, 0.25) is 0 Å². The van der Waals surface area contributed by atoms with E-state index in [-0.39, 0.29) is 31.1 Å². The second kappa shape index (κ2) is 10.8. The number of amides is 3. The van der Waals surface area contributed by atoms with Crippen LogP contribution in [0, 0.1) is 0 Å². The zero-order valence-corrected chi connectivity index (χ0v) is 16.8. The molecule has 0 aliphatic rings. The first-order chi connectivity index (χ1) is 14.4. The molecule has 30 heavy (non-hydrogen) atoms. The van der Waals surface area contributed by atoms with Crippen LogP contribution in [0.15, 0.2) is 48.5 Å². The lowest BCUT2D eigenvalue weighted by molar-refractivity contribution is -0.144. The van der Waals surface area contributed by atoms with Crippen LogP contribution in [-0.2, 0) is 14.4 Å². The topological polar surface area (TPSA) is 131 Å². The number of aliphatic hydroxyl groups excluding tert-OH is 1. The first-order valence-electron chi connectivity index (χ1n) is 9.20. The zero-order chi connectivity index (χ0) is 22.1. The molecule has 0 heterocycles. The minimum absolute atomic E-state index is 0.141. The molecule has 0 aliphatic carbocycles. The Labute approximate surface area is 174 Å². The Morgan fingerprint density at radius 3 is 2.43 bits per heavy atom. The van der Waals surface area contributed by atoms with Crippen LogP contribution in [0.1, 0.15) is 18.0 Å². The molecule has 3 amide bonds. The molecule has 0 saturated carbocycles. The first-order valence-corrected chi connectivity index (χ1v) is 9.20. The van der Waals surface area contributed by atoms with Gasteiger partial charge in [0, 0.05) is 25.4 Å². The third kappa shape index (κ3) is 5.95. The predicted molar refractivity (Wildman–Crippen MR) is 110 cm³/mol. The highest BCUT2D eigenvalue weighted by molar-refractivity contribution is 6.39. The van der Waals surface area contributed by atoms with Gasteiger partial charge in [0.05, 0.1) is 13.2 Å². The average Bonchev–Trinajstić information content (AvgIpc) is 2.75. The second-order valence-electron chi connectivity index (χ2n) is 6.43. The number of nitrogens with zero attached hydrogens (tertiary/aromatic N) is 1. The van der Waals surface area contributed by atoms with Crippen molar-refractivity contribution in [2.45, 2.75) is 12.5 Å². The number of primary amides is 1. The van der Waals surface area contributed by atoms with Crippen LogP contribution in [0.5, 0.6) is 11.5 Å². The monoisotopic (exact) mass is 415 g/mol. The van der Waals surface area contributed by atoms with Gasteiger partial charge in [-0.1, -0.05) is 30.3 Å². The van der Waals surface area contributed by atoms with E-state index >= 15 is 0 Å². The predicted octanol–water partition coefficient (Wildman–Crippen LogP) is 1.08. The van der Waals surface area contributed by atoms with Crippen molar-refractivity contribution >= 4 is 23.4 Å². The molecule has 0 bridgehead atoms. The quantitative estimate of drug-likeness (QED) is 0.525. The molecular formula is C21H25N3O6. The van der Waals surface area contributed by atoms with Crippen LogP contribution >= 0.6 is 0 Å². The van der Waals surface area contributed by atoms with Crippen molar-refractivity contribution in [1.29, 1.82) is 0 Å². The van der Waals surface area contributed by atoms with Gasteiger partial charge in [-0.2, -0.15) is 0 Å². The fourth-order valence-corrected chi connectivity index (χ4v) is 2.88. The number of ether oxygens (including phenoxy) is 2. The molecule has 0 spiro atoms. The number of hydrogen-bond donors (Lipinski definition) is 3. The van der Waals surface area contributed by atoms with Crippen LogP contribution < -0.4 is 20.5 Å². The lowest BCUT2D eigenvalue weighted by Gasteiger charge is -2.27. The second-order valence-corrected chi connectivity index (χ2v) is 6.43. The summed E-state index contributed by atoms with van der Waals surface area (Å²) in [5.74, 6) is -1.77. The zero-order valence-electron chi connectivity index (χ0n) is 16.8. The van der Waals surface area contributed by atoms with Crippen molar-refractivity contribution in [3.8, 4) is 11.5 Å². The fraction of sp³-hybridized carbons (Fsp3) is 0.286. The van der Waals surface area contributed by atoms with Crippen LogP contribution in [0.3, 0.4) is 0 Å². The van der Waals surface area contributed by atoms with Gasteiger partial charge in [0.25, 0.3) is 5.91 Å². The molecule has 2 aromatic carbocycles. The molecule has 0 fully saturated rings. The van der Waals surface area contributed by atoms with Gasteiger partial charge in [-0.15, -0.1) is 0 Å². The summed E-state index contributed by atoms with van der Waals surface area (Å²) in [5, 5.41) is 11.9. The average molecular weight is 415 g/mol. The third-order valence-electron chi connectivity index (χ3n) is 4.36. The number of methoxy groups -OCH3 is 1. The largest absolute Gasteiger partial charge is 0.493 e. The van der Waals surface area contributed by atoms with E-state index in [0.29, 0.717) is 5.75 Å². The van der Waals surface area contributed by atoms with E-state index in [1.807, 2.05) is 30.3 Å². The Morgan fingerprint density at radius 2 is 1.83 bits per heavy atom. The van der Waals surface area contributed by atoms with Crippen LogP contribution in [-0.4, -0.2) is 55.1 Å². The van der Waals surface area contributed by atoms with Gasteiger partial charge in [-0.25, -0.2) is 0 Å². The number of aliphatic hydroxyl groups is 1. The molecular weight excluding hydrogens is 390 g/mol. The molecule has 0 aliphatic heterocycles. The maximum Gasteiger partial charge on any atom is 0.313 e. The molecule has 0 aromatic heterocycles. The van der Waals surface area contributed by atoms with Crippen molar-refractivity contribution < 1.29 is 29.0 Å². The fourth-order valence-electron chi connectivity index (χ4n) is 2.88. The smallest absolute Gasteiger partial charge is 0.313 e. The van der Waals surface area contributed by atoms with Crippen molar-refractivity contribution in [3.63, 3.8) is 0 Å². The normalized spacial score (nSPS) is 11.3. The minimum Gasteiger partial charge on any atom is -0.493 e. The van der Waals surface area contributed by atoms with E-state index in [9.17, 15) is 19.5 Å². The summed E-state index contributed by atoms with van der Waals surface area (Å²) in [6.07, 6.45) is 0.285. The van der Waals surface area contributed by atoms with E-state index in [1.165, 1.54) is 37.3 Å². The molecule has 1 atom stereocenters.